The number of aliphatic hydroxyl groups excluding tert-OH is 1. The molecule has 0 aliphatic heterocycles. The van der Waals surface area contributed by atoms with E-state index in [1.54, 1.807) is 0 Å². The average Bonchev–Trinajstić information content (AvgIpc) is 3.12. The van der Waals surface area contributed by atoms with Crippen LogP contribution in [-0.2, 0) is 0 Å². The minimum absolute atomic E-state index is 0.219. The zero-order valence-electron chi connectivity index (χ0n) is 26.2. The standard InChI is InChI=1S/C43H43NO/c44-29-30-24-39(37-16-7-14-35(26-37)31-10-3-1-4-11-31)28-40(25-30)38-17-8-15-36(27-38)32-20-22-34(23-21-32)42-19-9-18-41(43(42)45)33-12-5-2-6-13-33/h1-6,10-13,17,19-22,24-25,28,34-37,45H,7-9,14-16,18,23,26-27H2. The van der Waals surface area contributed by atoms with Gasteiger partial charge in [0, 0.05) is 11.5 Å². The first-order chi connectivity index (χ1) is 22.2. The Kier molecular flexibility index (Phi) is 8.70. The van der Waals surface area contributed by atoms with Gasteiger partial charge in [-0.3, -0.25) is 0 Å². The highest BCUT2D eigenvalue weighted by Gasteiger charge is 2.28. The molecule has 4 atom stereocenters. The van der Waals surface area contributed by atoms with E-state index in [-0.39, 0.29) is 5.92 Å². The summed E-state index contributed by atoms with van der Waals surface area (Å²) in [5.41, 5.74) is 10.9. The second-order valence-corrected chi connectivity index (χ2v) is 13.4. The molecule has 2 nitrogen and oxygen atoms in total. The van der Waals surface area contributed by atoms with E-state index in [9.17, 15) is 10.4 Å². The van der Waals surface area contributed by atoms with Gasteiger partial charge in [-0.05, 0) is 127 Å². The Morgan fingerprint density at radius 2 is 1.51 bits per heavy atom. The van der Waals surface area contributed by atoms with Crippen molar-refractivity contribution in [3.05, 3.63) is 154 Å². The lowest BCUT2D eigenvalue weighted by Gasteiger charge is -2.31. The minimum atomic E-state index is 0.219. The molecule has 2 heteroatoms. The molecule has 226 valence electrons. The number of benzene rings is 3. The fraction of sp³-hybridized carbons (Fsp3) is 0.326. The van der Waals surface area contributed by atoms with Crippen LogP contribution in [0.25, 0.3) is 11.1 Å². The molecule has 1 N–H and O–H groups in total. The SMILES string of the molecule is N#Cc1cc(C2=CCCC(C3=CCC(C4=CCCC(c5ccccc5)=C4O)C=C3)C2)cc(C2CCCC(c3ccccc3)C2)c1. The third-order valence-electron chi connectivity index (χ3n) is 10.7. The van der Waals surface area contributed by atoms with Gasteiger partial charge in [-0.1, -0.05) is 104 Å². The number of nitriles is 1. The molecule has 0 bridgehead atoms. The second-order valence-electron chi connectivity index (χ2n) is 13.4. The summed E-state index contributed by atoms with van der Waals surface area (Å²) < 4.78 is 0. The first-order valence-corrected chi connectivity index (χ1v) is 17.0. The summed E-state index contributed by atoms with van der Waals surface area (Å²) in [7, 11) is 0. The van der Waals surface area contributed by atoms with Gasteiger partial charge in [0.05, 0.1) is 11.6 Å². The monoisotopic (exact) mass is 589 g/mol. The van der Waals surface area contributed by atoms with E-state index >= 15 is 0 Å². The van der Waals surface area contributed by atoms with Gasteiger partial charge in [0.25, 0.3) is 0 Å². The predicted octanol–water partition coefficient (Wildman–Crippen LogP) is 11.4. The summed E-state index contributed by atoms with van der Waals surface area (Å²) in [6, 6.07) is 30.5. The number of aliphatic hydroxyl groups is 1. The van der Waals surface area contributed by atoms with E-state index in [2.05, 4.69) is 97.1 Å². The van der Waals surface area contributed by atoms with Gasteiger partial charge in [0.2, 0.25) is 0 Å². The number of hydrogen-bond donors (Lipinski definition) is 1. The zero-order chi connectivity index (χ0) is 30.6. The Labute approximate surface area is 268 Å². The lowest BCUT2D eigenvalue weighted by Crippen LogP contribution is -2.15. The summed E-state index contributed by atoms with van der Waals surface area (Å²) in [5.74, 6) is 2.27. The molecule has 0 radical (unpaired) electrons. The van der Waals surface area contributed by atoms with Crippen molar-refractivity contribution in [1.82, 2.24) is 0 Å². The average molecular weight is 590 g/mol. The first-order valence-electron chi connectivity index (χ1n) is 17.0. The molecule has 0 spiro atoms. The maximum absolute atomic E-state index is 11.3. The Balaban J connectivity index is 1.05. The summed E-state index contributed by atoms with van der Waals surface area (Å²) in [6.45, 7) is 0. The fourth-order valence-electron chi connectivity index (χ4n) is 8.27. The molecule has 3 aromatic rings. The molecule has 1 saturated carbocycles. The summed E-state index contributed by atoms with van der Waals surface area (Å²) in [4.78, 5) is 0. The molecule has 45 heavy (non-hydrogen) atoms. The fourth-order valence-corrected chi connectivity index (χ4v) is 8.27. The third-order valence-corrected chi connectivity index (χ3v) is 10.7. The Morgan fingerprint density at radius 3 is 2.27 bits per heavy atom. The Bertz CT molecular complexity index is 1730. The van der Waals surface area contributed by atoms with Crippen molar-refractivity contribution in [2.24, 2.45) is 11.8 Å². The molecule has 4 unspecified atom stereocenters. The highest BCUT2D eigenvalue weighted by molar-refractivity contribution is 5.73. The van der Waals surface area contributed by atoms with Gasteiger partial charge in [0.15, 0.2) is 0 Å². The smallest absolute Gasteiger partial charge is 0.122 e. The highest BCUT2D eigenvalue weighted by Crippen LogP contribution is 2.44. The van der Waals surface area contributed by atoms with E-state index < -0.39 is 0 Å². The molecule has 0 amide bonds. The number of rotatable bonds is 6. The lowest BCUT2D eigenvalue weighted by molar-refractivity contribution is 0.394. The molecule has 0 heterocycles. The van der Waals surface area contributed by atoms with Crippen LogP contribution in [0.5, 0.6) is 0 Å². The van der Waals surface area contributed by atoms with Crippen LogP contribution in [0.3, 0.4) is 0 Å². The molecule has 3 aromatic carbocycles. The quantitative estimate of drug-likeness (QED) is 0.311. The van der Waals surface area contributed by atoms with E-state index in [4.69, 9.17) is 0 Å². The third kappa shape index (κ3) is 6.41. The number of nitrogens with zero attached hydrogens (tertiary/aromatic N) is 1. The van der Waals surface area contributed by atoms with Crippen LogP contribution in [0.2, 0.25) is 0 Å². The molecular weight excluding hydrogens is 546 g/mol. The van der Waals surface area contributed by atoms with Gasteiger partial charge in [-0.15, -0.1) is 0 Å². The summed E-state index contributed by atoms with van der Waals surface area (Å²) in [6.07, 6.45) is 22.6. The second kappa shape index (κ2) is 13.3. The van der Waals surface area contributed by atoms with E-state index in [0.29, 0.717) is 23.5 Å². The van der Waals surface area contributed by atoms with Crippen LogP contribution >= 0.6 is 0 Å². The molecule has 1 fully saturated rings. The Morgan fingerprint density at radius 1 is 0.733 bits per heavy atom. The molecular formula is C43H43NO. The maximum atomic E-state index is 11.3. The van der Waals surface area contributed by atoms with E-state index in [1.807, 2.05) is 18.2 Å². The molecule has 0 aromatic heterocycles. The topological polar surface area (TPSA) is 44.0 Å². The number of hydrogen-bond acceptors (Lipinski definition) is 2. The maximum Gasteiger partial charge on any atom is 0.122 e. The highest BCUT2D eigenvalue weighted by atomic mass is 16.3. The van der Waals surface area contributed by atoms with E-state index in [0.717, 1.165) is 67.2 Å². The van der Waals surface area contributed by atoms with Crippen molar-refractivity contribution >= 4 is 11.1 Å². The van der Waals surface area contributed by atoms with Crippen LogP contribution in [0, 0.1) is 23.2 Å². The van der Waals surface area contributed by atoms with Crippen molar-refractivity contribution in [3.8, 4) is 6.07 Å². The van der Waals surface area contributed by atoms with Crippen LogP contribution in [0.15, 0.2) is 126 Å². The van der Waals surface area contributed by atoms with Gasteiger partial charge in [-0.2, -0.15) is 5.26 Å². The van der Waals surface area contributed by atoms with Gasteiger partial charge in [-0.25, -0.2) is 0 Å². The van der Waals surface area contributed by atoms with Crippen molar-refractivity contribution in [3.63, 3.8) is 0 Å². The van der Waals surface area contributed by atoms with Crippen molar-refractivity contribution in [2.75, 3.05) is 0 Å². The van der Waals surface area contributed by atoms with E-state index in [1.165, 1.54) is 47.1 Å². The van der Waals surface area contributed by atoms with Crippen LogP contribution in [0.1, 0.15) is 104 Å². The normalized spacial score (nSPS) is 25.2. The summed E-state index contributed by atoms with van der Waals surface area (Å²) in [5, 5.41) is 21.3. The first kappa shape index (κ1) is 29.4. The van der Waals surface area contributed by atoms with Crippen molar-refractivity contribution in [1.29, 1.82) is 5.26 Å². The van der Waals surface area contributed by atoms with Crippen LogP contribution in [0.4, 0.5) is 0 Å². The Hall–Kier alpha value is -4.35. The molecule has 4 aliphatic carbocycles. The lowest BCUT2D eigenvalue weighted by atomic mass is 9.74. The molecule has 4 aliphatic rings. The van der Waals surface area contributed by atoms with Gasteiger partial charge >= 0.3 is 0 Å². The molecule has 7 rings (SSSR count). The van der Waals surface area contributed by atoms with Crippen LogP contribution in [-0.4, -0.2) is 5.11 Å². The number of allylic oxidation sites excluding steroid dienone is 9. The van der Waals surface area contributed by atoms with Gasteiger partial charge in [0.1, 0.15) is 5.76 Å². The van der Waals surface area contributed by atoms with Crippen molar-refractivity contribution < 1.29 is 5.11 Å². The largest absolute Gasteiger partial charge is 0.507 e. The van der Waals surface area contributed by atoms with Crippen molar-refractivity contribution in [2.45, 2.75) is 76.0 Å². The van der Waals surface area contributed by atoms with Gasteiger partial charge < -0.3 is 5.11 Å². The minimum Gasteiger partial charge on any atom is -0.507 e. The zero-order valence-corrected chi connectivity index (χ0v) is 26.2. The molecule has 0 saturated heterocycles. The van der Waals surface area contributed by atoms with Crippen LogP contribution < -0.4 is 0 Å². The predicted molar refractivity (Wildman–Crippen MR) is 186 cm³/mol. The summed E-state index contributed by atoms with van der Waals surface area (Å²) >= 11 is 0.